The summed E-state index contributed by atoms with van der Waals surface area (Å²) < 4.78 is 0. The van der Waals surface area contributed by atoms with Crippen molar-refractivity contribution in [2.45, 2.75) is 33.7 Å². The first-order chi connectivity index (χ1) is 7.86. The van der Waals surface area contributed by atoms with E-state index in [0.29, 0.717) is 6.54 Å². The Morgan fingerprint density at radius 1 is 1.47 bits per heavy atom. The minimum Gasteiger partial charge on any atom is -0.349 e. The second kappa shape index (κ2) is 5.32. The van der Waals surface area contributed by atoms with Gasteiger partial charge >= 0.3 is 0 Å². The lowest BCUT2D eigenvalue weighted by molar-refractivity contribution is -0.129. The van der Waals surface area contributed by atoms with E-state index >= 15 is 0 Å². The fraction of sp³-hybridized carbons (Fsp3) is 0.500. The number of benzene rings is 1. The van der Waals surface area contributed by atoms with Gasteiger partial charge in [-0.05, 0) is 33.3 Å². The molecule has 0 aliphatic carbocycles. The third-order valence-corrected chi connectivity index (χ3v) is 3.01. The third kappa shape index (κ3) is 3.56. The normalized spacial score (nSPS) is 13.2. The van der Waals surface area contributed by atoms with Gasteiger partial charge in [0.2, 0.25) is 5.91 Å². The van der Waals surface area contributed by atoms with Crippen molar-refractivity contribution in [3.05, 3.63) is 35.4 Å². The number of hydrogen-bond donors (Lipinski definition) is 2. The van der Waals surface area contributed by atoms with Crippen LogP contribution in [0.3, 0.4) is 0 Å². The zero-order valence-electron chi connectivity index (χ0n) is 11.1. The molecule has 17 heavy (non-hydrogen) atoms. The van der Waals surface area contributed by atoms with Crippen LogP contribution in [-0.4, -0.2) is 12.5 Å². The molecule has 0 spiro atoms. The lowest BCUT2D eigenvalue weighted by atomic mass is 9.92. The lowest BCUT2D eigenvalue weighted by Crippen LogP contribution is -2.42. The van der Waals surface area contributed by atoms with Gasteiger partial charge in [-0.1, -0.05) is 29.8 Å². The Morgan fingerprint density at radius 3 is 2.65 bits per heavy atom. The zero-order valence-corrected chi connectivity index (χ0v) is 11.1. The standard InChI is InChI=1S/C14H22N2O/c1-10-6-5-7-12(8-10)11(2)16-13(17)14(3,4)9-15/h5-8,11H,9,15H2,1-4H3,(H,16,17)/t11-/m1/s1. The average Bonchev–Trinajstić information content (AvgIpc) is 2.28. The second-order valence-electron chi connectivity index (χ2n) is 5.20. The monoisotopic (exact) mass is 234 g/mol. The molecule has 0 heterocycles. The molecule has 3 nitrogen and oxygen atoms in total. The highest BCUT2D eigenvalue weighted by molar-refractivity contribution is 5.82. The van der Waals surface area contributed by atoms with Crippen molar-refractivity contribution in [3.63, 3.8) is 0 Å². The summed E-state index contributed by atoms with van der Waals surface area (Å²) in [6.45, 7) is 8.08. The summed E-state index contributed by atoms with van der Waals surface area (Å²) in [5, 5.41) is 3.00. The van der Waals surface area contributed by atoms with Crippen LogP contribution in [-0.2, 0) is 4.79 Å². The largest absolute Gasteiger partial charge is 0.349 e. The number of nitrogens with two attached hydrogens (primary N) is 1. The molecule has 0 aromatic heterocycles. The van der Waals surface area contributed by atoms with Crippen LogP contribution in [0.15, 0.2) is 24.3 Å². The number of rotatable bonds is 4. The maximum atomic E-state index is 12.0. The molecule has 0 unspecified atom stereocenters. The molecule has 0 saturated heterocycles. The van der Waals surface area contributed by atoms with Crippen LogP contribution in [0.2, 0.25) is 0 Å². The maximum Gasteiger partial charge on any atom is 0.227 e. The summed E-state index contributed by atoms with van der Waals surface area (Å²) in [7, 11) is 0. The molecule has 0 aliphatic heterocycles. The van der Waals surface area contributed by atoms with Gasteiger partial charge in [-0.15, -0.1) is 0 Å². The Morgan fingerprint density at radius 2 is 2.12 bits per heavy atom. The number of aryl methyl sites for hydroxylation is 1. The first-order valence-electron chi connectivity index (χ1n) is 5.94. The molecule has 3 N–H and O–H groups in total. The first kappa shape index (κ1) is 13.7. The van der Waals surface area contributed by atoms with Crippen molar-refractivity contribution >= 4 is 5.91 Å². The Hall–Kier alpha value is -1.35. The summed E-state index contributed by atoms with van der Waals surface area (Å²) in [4.78, 5) is 12.0. The van der Waals surface area contributed by atoms with Gasteiger partial charge in [0, 0.05) is 6.54 Å². The molecular weight excluding hydrogens is 212 g/mol. The third-order valence-electron chi connectivity index (χ3n) is 3.01. The van der Waals surface area contributed by atoms with Gasteiger partial charge in [0.15, 0.2) is 0 Å². The van der Waals surface area contributed by atoms with Crippen LogP contribution in [0.25, 0.3) is 0 Å². The minimum atomic E-state index is -0.516. The van der Waals surface area contributed by atoms with Crippen LogP contribution in [0.4, 0.5) is 0 Å². The molecule has 1 amide bonds. The smallest absolute Gasteiger partial charge is 0.227 e. The van der Waals surface area contributed by atoms with Gasteiger partial charge in [0.05, 0.1) is 11.5 Å². The topological polar surface area (TPSA) is 55.1 Å². The number of carbonyl (C=O) groups is 1. The summed E-state index contributed by atoms with van der Waals surface area (Å²) in [6.07, 6.45) is 0. The highest BCUT2D eigenvalue weighted by Crippen LogP contribution is 2.18. The summed E-state index contributed by atoms with van der Waals surface area (Å²) >= 11 is 0. The Balaban J connectivity index is 2.73. The van der Waals surface area contributed by atoms with Gasteiger partial charge in [0.25, 0.3) is 0 Å². The highest BCUT2D eigenvalue weighted by atomic mass is 16.2. The second-order valence-corrected chi connectivity index (χ2v) is 5.20. The van der Waals surface area contributed by atoms with Crippen molar-refractivity contribution in [2.75, 3.05) is 6.54 Å². The van der Waals surface area contributed by atoms with E-state index in [1.807, 2.05) is 45.9 Å². The minimum absolute atomic E-state index is 0.00555. The predicted octanol–water partition coefficient (Wildman–Crippen LogP) is 2.16. The van der Waals surface area contributed by atoms with E-state index in [1.54, 1.807) is 0 Å². The first-order valence-corrected chi connectivity index (χ1v) is 5.94. The maximum absolute atomic E-state index is 12.0. The highest BCUT2D eigenvalue weighted by Gasteiger charge is 2.26. The van der Waals surface area contributed by atoms with Gasteiger partial charge in [0.1, 0.15) is 0 Å². The molecular formula is C14H22N2O. The van der Waals surface area contributed by atoms with Crippen LogP contribution < -0.4 is 11.1 Å². The van der Waals surface area contributed by atoms with Gasteiger partial charge in [-0.3, -0.25) is 4.79 Å². The SMILES string of the molecule is Cc1cccc([C@@H](C)NC(=O)C(C)(C)CN)c1. The number of nitrogens with one attached hydrogen (secondary N) is 1. The van der Waals surface area contributed by atoms with E-state index in [-0.39, 0.29) is 11.9 Å². The van der Waals surface area contributed by atoms with Crippen LogP contribution in [0, 0.1) is 12.3 Å². The van der Waals surface area contributed by atoms with Crippen molar-refractivity contribution in [1.82, 2.24) is 5.32 Å². The number of carbonyl (C=O) groups excluding carboxylic acids is 1. The molecule has 1 aromatic rings. The molecule has 0 aliphatic rings. The Labute approximate surface area is 103 Å². The van der Waals surface area contributed by atoms with Crippen molar-refractivity contribution < 1.29 is 4.79 Å². The quantitative estimate of drug-likeness (QED) is 0.838. The van der Waals surface area contributed by atoms with E-state index in [1.165, 1.54) is 5.56 Å². The molecule has 1 rings (SSSR count). The molecule has 3 heteroatoms. The fourth-order valence-electron chi connectivity index (χ4n) is 1.51. The molecule has 0 fully saturated rings. The Bertz CT molecular complexity index is 399. The summed E-state index contributed by atoms with van der Waals surface area (Å²) in [6, 6.07) is 8.16. The van der Waals surface area contributed by atoms with Gasteiger partial charge < -0.3 is 11.1 Å². The zero-order chi connectivity index (χ0) is 13.1. The molecule has 1 aromatic carbocycles. The van der Waals surface area contributed by atoms with Crippen molar-refractivity contribution in [3.8, 4) is 0 Å². The van der Waals surface area contributed by atoms with Gasteiger partial charge in [-0.2, -0.15) is 0 Å². The van der Waals surface area contributed by atoms with E-state index in [0.717, 1.165) is 5.56 Å². The summed E-state index contributed by atoms with van der Waals surface area (Å²) in [5.41, 5.74) is 7.38. The predicted molar refractivity (Wildman–Crippen MR) is 70.6 cm³/mol. The fourth-order valence-corrected chi connectivity index (χ4v) is 1.51. The molecule has 94 valence electrons. The van der Waals surface area contributed by atoms with E-state index in [9.17, 15) is 4.79 Å². The molecule has 0 radical (unpaired) electrons. The van der Waals surface area contributed by atoms with E-state index in [4.69, 9.17) is 5.73 Å². The average molecular weight is 234 g/mol. The molecule has 0 bridgehead atoms. The van der Waals surface area contributed by atoms with Crippen LogP contribution >= 0.6 is 0 Å². The summed E-state index contributed by atoms with van der Waals surface area (Å²) in [5.74, 6) is -0.00555. The van der Waals surface area contributed by atoms with Crippen LogP contribution in [0.5, 0.6) is 0 Å². The Kier molecular flexibility index (Phi) is 4.29. The van der Waals surface area contributed by atoms with Crippen molar-refractivity contribution in [2.24, 2.45) is 11.1 Å². The van der Waals surface area contributed by atoms with Gasteiger partial charge in [-0.25, -0.2) is 0 Å². The number of hydrogen-bond acceptors (Lipinski definition) is 2. The number of amides is 1. The van der Waals surface area contributed by atoms with Crippen LogP contribution in [0.1, 0.15) is 37.9 Å². The van der Waals surface area contributed by atoms with E-state index in [2.05, 4.69) is 11.4 Å². The molecule has 1 atom stereocenters. The van der Waals surface area contributed by atoms with E-state index < -0.39 is 5.41 Å². The van der Waals surface area contributed by atoms with Crippen molar-refractivity contribution in [1.29, 1.82) is 0 Å². The molecule has 0 saturated carbocycles. The lowest BCUT2D eigenvalue weighted by Gasteiger charge is -2.24.